The first-order chi connectivity index (χ1) is 10.2. The third kappa shape index (κ3) is 2.94. The van der Waals surface area contributed by atoms with Gasteiger partial charge in [-0.25, -0.2) is 23.0 Å². The van der Waals surface area contributed by atoms with Crippen molar-refractivity contribution >= 4 is 21.7 Å². The van der Waals surface area contributed by atoms with Crippen LogP contribution in [0.5, 0.6) is 0 Å². The van der Waals surface area contributed by atoms with Gasteiger partial charge in [-0.15, -0.1) is 5.10 Å². The number of carbonyl (C=O) groups is 1. The summed E-state index contributed by atoms with van der Waals surface area (Å²) in [5.74, 6) is -0.553. The van der Waals surface area contributed by atoms with Gasteiger partial charge in [0.05, 0.1) is 23.3 Å². The highest BCUT2D eigenvalue weighted by molar-refractivity contribution is 7.89. The molecule has 1 aromatic carbocycles. The van der Waals surface area contributed by atoms with Crippen LogP contribution in [-0.4, -0.2) is 36.2 Å². The Morgan fingerprint density at radius 2 is 1.95 bits per heavy atom. The second kappa shape index (κ2) is 5.54. The summed E-state index contributed by atoms with van der Waals surface area (Å²) < 4.78 is 28.2. The van der Waals surface area contributed by atoms with E-state index in [1.165, 1.54) is 31.4 Å². The van der Waals surface area contributed by atoms with Crippen molar-refractivity contribution < 1.29 is 22.9 Å². The molecule has 0 bridgehead atoms. The van der Waals surface area contributed by atoms with Crippen LogP contribution in [-0.2, 0) is 14.8 Å². The third-order valence-electron chi connectivity index (χ3n) is 2.68. The number of nitro groups is 1. The number of methoxy groups -OCH3 is 1. The lowest BCUT2D eigenvalue weighted by Crippen LogP contribution is -2.14. The molecule has 2 aromatic rings. The fourth-order valence-electron chi connectivity index (χ4n) is 1.68. The SMILES string of the molecule is COC(=O)c1ccc(-n2cc([N+](=O)[O-])c(S(N)(=O)=O)n2)cc1. The number of aromatic nitrogens is 2. The molecule has 0 aliphatic carbocycles. The minimum absolute atomic E-state index is 0.263. The van der Waals surface area contributed by atoms with Gasteiger partial charge in [0.1, 0.15) is 6.20 Å². The van der Waals surface area contributed by atoms with Crippen molar-refractivity contribution in [2.75, 3.05) is 7.11 Å². The molecule has 0 aliphatic heterocycles. The van der Waals surface area contributed by atoms with Gasteiger partial charge >= 0.3 is 11.7 Å². The zero-order chi connectivity index (χ0) is 16.5. The van der Waals surface area contributed by atoms with Crippen LogP contribution >= 0.6 is 0 Å². The number of ether oxygens (including phenoxy) is 1. The van der Waals surface area contributed by atoms with Crippen molar-refractivity contribution in [3.63, 3.8) is 0 Å². The van der Waals surface area contributed by atoms with Crippen molar-refractivity contribution in [3.05, 3.63) is 46.1 Å². The first kappa shape index (κ1) is 15.6. The van der Waals surface area contributed by atoms with E-state index in [-0.39, 0.29) is 5.56 Å². The fourth-order valence-corrected chi connectivity index (χ4v) is 2.30. The molecule has 0 unspecified atom stereocenters. The smallest absolute Gasteiger partial charge is 0.337 e. The second-order valence-electron chi connectivity index (χ2n) is 4.10. The number of primary sulfonamides is 1. The van der Waals surface area contributed by atoms with Crippen LogP contribution in [0.2, 0.25) is 0 Å². The predicted molar refractivity (Wildman–Crippen MR) is 72.9 cm³/mol. The monoisotopic (exact) mass is 326 g/mol. The Labute approximate surface area is 124 Å². The van der Waals surface area contributed by atoms with Crippen LogP contribution < -0.4 is 5.14 Å². The van der Waals surface area contributed by atoms with E-state index in [4.69, 9.17) is 5.14 Å². The molecule has 11 heteroatoms. The minimum Gasteiger partial charge on any atom is -0.465 e. The maximum Gasteiger partial charge on any atom is 0.337 e. The molecular formula is C11H10N4O6S. The summed E-state index contributed by atoms with van der Waals surface area (Å²) in [7, 11) is -3.11. The van der Waals surface area contributed by atoms with Crippen LogP contribution in [0.25, 0.3) is 5.69 Å². The molecule has 0 saturated carbocycles. The molecule has 22 heavy (non-hydrogen) atoms. The van der Waals surface area contributed by atoms with Gasteiger partial charge in [0.25, 0.3) is 15.0 Å². The summed E-state index contributed by atoms with van der Waals surface area (Å²) in [4.78, 5) is 21.3. The first-order valence-electron chi connectivity index (χ1n) is 5.69. The summed E-state index contributed by atoms with van der Waals surface area (Å²) in [6.07, 6.45) is 0.924. The summed E-state index contributed by atoms with van der Waals surface area (Å²) in [5, 5.41) is 18.5. The van der Waals surface area contributed by atoms with E-state index >= 15 is 0 Å². The number of hydrogen-bond acceptors (Lipinski definition) is 7. The molecular weight excluding hydrogens is 316 g/mol. The number of benzene rings is 1. The van der Waals surface area contributed by atoms with Crippen molar-refractivity contribution in [2.24, 2.45) is 5.14 Å². The Balaban J connectivity index is 2.50. The van der Waals surface area contributed by atoms with Gasteiger partial charge in [-0.2, -0.15) is 0 Å². The molecule has 2 N–H and O–H groups in total. The van der Waals surface area contributed by atoms with E-state index in [2.05, 4.69) is 9.84 Å². The molecule has 1 heterocycles. The molecule has 0 aliphatic rings. The largest absolute Gasteiger partial charge is 0.465 e. The van der Waals surface area contributed by atoms with E-state index in [1.54, 1.807) is 0 Å². The Morgan fingerprint density at radius 1 is 1.36 bits per heavy atom. The average molecular weight is 326 g/mol. The second-order valence-corrected chi connectivity index (χ2v) is 5.58. The Bertz CT molecular complexity index is 840. The number of nitrogens with zero attached hydrogens (tertiary/aromatic N) is 3. The predicted octanol–water partition coefficient (Wildman–Crippen LogP) is 0.214. The van der Waals surface area contributed by atoms with Gasteiger partial charge < -0.3 is 4.74 Å². The fraction of sp³-hybridized carbons (Fsp3) is 0.0909. The van der Waals surface area contributed by atoms with Gasteiger partial charge in [-0.3, -0.25) is 10.1 Å². The molecule has 1 aromatic heterocycles. The van der Waals surface area contributed by atoms with Gasteiger partial charge in [0, 0.05) is 0 Å². The average Bonchev–Trinajstić information content (AvgIpc) is 2.92. The number of sulfonamides is 1. The Hall–Kier alpha value is -2.79. The van der Waals surface area contributed by atoms with Crippen molar-refractivity contribution in [1.29, 1.82) is 0 Å². The lowest BCUT2D eigenvalue weighted by molar-refractivity contribution is -0.387. The van der Waals surface area contributed by atoms with E-state index in [1.807, 2.05) is 0 Å². The highest BCUT2D eigenvalue weighted by Gasteiger charge is 2.28. The topological polar surface area (TPSA) is 147 Å². The van der Waals surface area contributed by atoms with Crippen LogP contribution in [0.15, 0.2) is 35.5 Å². The number of rotatable bonds is 4. The quantitative estimate of drug-likeness (QED) is 0.480. The molecule has 10 nitrogen and oxygen atoms in total. The molecule has 0 amide bonds. The molecule has 2 rings (SSSR count). The van der Waals surface area contributed by atoms with Gasteiger partial charge in [-0.1, -0.05) is 0 Å². The minimum atomic E-state index is -4.34. The highest BCUT2D eigenvalue weighted by atomic mass is 32.2. The normalized spacial score (nSPS) is 11.2. The van der Waals surface area contributed by atoms with Gasteiger partial charge in [0.2, 0.25) is 0 Å². The molecule has 0 fully saturated rings. The number of nitrogens with two attached hydrogens (primary N) is 1. The van der Waals surface area contributed by atoms with E-state index in [9.17, 15) is 23.3 Å². The van der Waals surface area contributed by atoms with Gasteiger partial charge in [0.15, 0.2) is 0 Å². The van der Waals surface area contributed by atoms with Crippen molar-refractivity contribution in [3.8, 4) is 5.69 Å². The van der Waals surface area contributed by atoms with Crippen molar-refractivity contribution in [1.82, 2.24) is 9.78 Å². The summed E-state index contributed by atoms with van der Waals surface area (Å²) in [6, 6.07) is 5.67. The van der Waals surface area contributed by atoms with E-state index in [0.717, 1.165) is 10.9 Å². The standard InChI is InChI=1S/C11H10N4O6S/c1-21-11(16)7-2-4-8(5-3-7)14-6-9(15(17)18)10(13-14)22(12,19)20/h2-6H,1H3,(H2,12,19,20). The van der Waals surface area contributed by atoms with E-state index in [0.29, 0.717) is 5.69 Å². The molecule has 0 saturated heterocycles. The first-order valence-corrected chi connectivity index (χ1v) is 7.24. The summed E-state index contributed by atoms with van der Waals surface area (Å²) >= 11 is 0. The molecule has 116 valence electrons. The van der Waals surface area contributed by atoms with E-state index < -0.39 is 31.6 Å². The number of esters is 1. The Morgan fingerprint density at radius 3 is 2.36 bits per heavy atom. The van der Waals surface area contributed by atoms with Crippen LogP contribution in [0, 0.1) is 10.1 Å². The van der Waals surface area contributed by atoms with Crippen LogP contribution in [0.3, 0.4) is 0 Å². The van der Waals surface area contributed by atoms with Crippen LogP contribution in [0.4, 0.5) is 5.69 Å². The molecule has 0 spiro atoms. The Kier molecular flexibility index (Phi) is 3.93. The number of carbonyl (C=O) groups excluding carboxylic acids is 1. The lowest BCUT2D eigenvalue weighted by atomic mass is 10.2. The van der Waals surface area contributed by atoms with Crippen molar-refractivity contribution in [2.45, 2.75) is 5.03 Å². The maximum atomic E-state index is 11.3. The van der Waals surface area contributed by atoms with Gasteiger partial charge in [-0.05, 0) is 24.3 Å². The third-order valence-corrected chi connectivity index (χ3v) is 3.51. The summed E-state index contributed by atoms with van der Waals surface area (Å²) in [5.41, 5.74) is -0.162. The molecule has 0 radical (unpaired) electrons. The number of hydrogen-bond donors (Lipinski definition) is 1. The highest BCUT2D eigenvalue weighted by Crippen LogP contribution is 2.23. The summed E-state index contributed by atoms with van der Waals surface area (Å²) in [6.45, 7) is 0. The maximum absolute atomic E-state index is 11.3. The van der Waals surface area contributed by atoms with Crippen LogP contribution in [0.1, 0.15) is 10.4 Å². The molecule has 0 atom stereocenters. The zero-order valence-electron chi connectivity index (χ0n) is 11.2. The zero-order valence-corrected chi connectivity index (χ0v) is 12.0. The lowest BCUT2D eigenvalue weighted by Gasteiger charge is -2.02.